The van der Waals surface area contributed by atoms with Gasteiger partial charge in [-0.1, -0.05) is 11.6 Å². The van der Waals surface area contributed by atoms with Crippen molar-refractivity contribution in [1.29, 1.82) is 0 Å². The van der Waals surface area contributed by atoms with E-state index in [2.05, 4.69) is 26.6 Å². The summed E-state index contributed by atoms with van der Waals surface area (Å²) in [4.78, 5) is 11.6. The van der Waals surface area contributed by atoms with Gasteiger partial charge in [-0.25, -0.2) is 4.79 Å². The first-order valence-electron chi connectivity index (χ1n) is 5.16. The number of urea groups is 1. The highest BCUT2D eigenvalue weighted by molar-refractivity contribution is 9.10. The number of carbonyl (C=O) groups is 1. The van der Waals surface area contributed by atoms with Crippen molar-refractivity contribution in [3.8, 4) is 0 Å². The van der Waals surface area contributed by atoms with Gasteiger partial charge < -0.3 is 20.8 Å². The van der Waals surface area contributed by atoms with Crippen LogP contribution >= 0.6 is 27.5 Å². The van der Waals surface area contributed by atoms with E-state index in [-0.39, 0.29) is 13.2 Å². The second kappa shape index (κ2) is 6.38. The van der Waals surface area contributed by atoms with Gasteiger partial charge in [-0.2, -0.15) is 0 Å². The second-order valence-corrected chi connectivity index (χ2v) is 5.35. The number of halogens is 2. The van der Waals surface area contributed by atoms with E-state index < -0.39 is 11.6 Å². The Morgan fingerprint density at radius 2 is 2.06 bits per heavy atom. The molecule has 0 aliphatic rings. The van der Waals surface area contributed by atoms with Crippen LogP contribution in [0.4, 0.5) is 10.5 Å². The van der Waals surface area contributed by atoms with Gasteiger partial charge in [-0.3, -0.25) is 0 Å². The van der Waals surface area contributed by atoms with Crippen molar-refractivity contribution in [1.82, 2.24) is 5.32 Å². The van der Waals surface area contributed by atoms with Crippen molar-refractivity contribution >= 4 is 39.2 Å². The van der Waals surface area contributed by atoms with Gasteiger partial charge in [0.15, 0.2) is 0 Å². The number of nitrogens with one attached hydrogen (secondary N) is 2. The Kier molecular flexibility index (Phi) is 5.40. The summed E-state index contributed by atoms with van der Waals surface area (Å²) in [6.45, 7) is 0.803. The van der Waals surface area contributed by atoms with Crippen LogP contribution in [0.15, 0.2) is 22.7 Å². The van der Waals surface area contributed by atoms with Crippen molar-refractivity contribution in [2.45, 2.75) is 12.5 Å². The lowest BCUT2D eigenvalue weighted by molar-refractivity contribution is 0.111. The molecule has 0 heterocycles. The van der Waals surface area contributed by atoms with Crippen molar-refractivity contribution in [2.24, 2.45) is 0 Å². The summed E-state index contributed by atoms with van der Waals surface area (Å²) in [7, 11) is 0. The maximum atomic E-state index is 11.6. The normalized spacial score (nSPS) is 11.2. The maximum absolute atomic E-state index is 11.6. The molecular weight excluding hydrogens is 323 g/mol. The molecule has 0 aromatic heterocycles. The van der Waals surface area contributed by atoms with E-state index in [1.165, 1.54) is 6.92 Å². The Balaban J connectivity index is 2.67. The highest BCUT2D eigenvalue weighted by atomic mass is 79.9. The Hall–Kier alpha value is -0.820. The molecule has 0 spiro atoms. The third-order valence-electron chi connectivity index (χ3n) is 2.29. The molecule has 0 fully saturated rings. The zero-order valence-corrected chi connectivity index (χ0v) is 12.0. The van der Waals surface area contributed by atoms with Crippen molar-refractivity contribution < 1.29 is 15.0 Å². The lowest BCUT2D eigenvalue weighted by Crippen LogP contribution is -2.53. The van der Waals surface area contributed by atoms with Gasteiger partial charge >= 0.3 is 6.03 Å². The van der Waals surface area contributed by atoms with Crippen LogP contribution in [-0.4, -0.2) is 35.0 Å². The van der Waals surface area contributed by atoms with E-state index in [1.807, 2.05) is 0 Å². The van der Waals surface area contributed by atoms with E-state index in [9.17, 15) is 4.79 Å². The number of benzene rings is 1. The molecule has 0 atom stereocenters. The third kappa shape index (κ3) is 4.13. The summed E-state index contributed by atoms with van der Waals surface area (Å²) in [6.07, 6.45) is 0. The van der Waals surface area contributed by atoms with Crippen LogP contribution in [0, 0.1) is 0 Å². The van der Waals surface area contributed by atoms with Gasteiger partial charge in [0.05, 0.1) is 23.8 Å². The summed E-state index contributed by atoms with van der Waals surface area (Å²) >= 11 is 9.13. The molecule has 0 bridgehead atoms. The number of hydrogen-bond donors (Lipinski definition) is 4. The van der Waals surface area contributed by atoms with Crippen molar-refractivity contribution in [3.05, 3.63) is 27.7 Å². The van der Waals surface area contributed by atoms with Gasteiger partial charge in [-0.05, 0) is 41.1 Å². The minimum Gasteiger partial charge on any atom is -0.394 e. The molecule has 7 heteroatoms. The highest BCUT2D eigenvalue weighted by Crippen LogP contribution is 2.25. The van der Waals surface area contributed by atoms with Crippen LogP contribution < -0.4 is 10.6 Å². The average Bonchev–Trinajstić information content (AvgIpc) is 2.33. The zero-order chi connectivity index (χ0) is 13.8. The Morgan fingerprint density at radius 1 is 1.44 bits per heavy atom. The van der Waals surface area contributed by atoms with E-state index in [0.717, 1.165) is 4.47 Å². The molecule has 1 rings (SSSR count). The molecule has 18 heavy (non-hydrogen) atoms. The predicted octanol–water partition coefficient (Wildman–Crippen LogP) is 1.97. The Bertz CT molecular complexity index is 438. The van der Waals surface area contributed by atoms with Crippen LogP contribution in [0.5, 0.6) is 0 Å². The van der Waals surface area contributed by atoms with Crippen LogP contribution in [0.1, 0.15) is 6.92 Å². The first kappa shape index (κ1) is 15.2. The third-order valence-corrected chi connectivity index (χ3v) is 3.52. The number of amides is 2. The van der Waals surface area contributed by atoms with Gasteiger partial charge in [-0.15, -0.1) is 0 Å². The molecule has 0 saturated heterocycles. The molecule has 0 saturated carbocycles. The van der Waals surface area contributed by atoms with Crippen molar-refractivity contribution in [2.75, 3.05) is 18.5 Å². The fourth-order valence-electron chi connectivity index (χ4n) is 1.14. The first-order chi connectivity index (χ1) is 8.40. The summed E-state index contributed by atoms with van der Waals surface area (Å²) < 4.78 is 0.727. The molecule has 4 N–H and O–H groups in total. The van der Waals surface area contributed by atoms with E-state index in [0.29, 0.717) is 10.7 Å². The van der Waals surface area contributed by atoms with E-state index in [4.69, 9.17) is 21.8 Å². The second-order valence-electron chi connectivity index (χ2n) is 4.08. The molecular formula is C11H14BrClN2O3. The number of anilines is 1. The summed E-state index contributed by atoms with van der Waals surface area (Å²) in [5.74, 6) is 0. The molecule has 100 valence electrons. The van der Waals surface area contributed by atoms with Gasteiger partial charge in [0, 0.05) is 10.2 Å². The van der Waals surface area contributed by atoms with Crippen molar-refractivity contribution in [3.63, 3.8) is 0 Å². The quantitative estimate of drug-likeness (QED) is 0.678. The van der Waals surface area contributed by atoms with Crippen LogP contribution in [0.2, 0.25) is 5.02 Å². The number of aliphatic hydroxyl groups is 2. The van der Waals surface area contributed by atoms with Gasteiger partial charge in [0.1, 0.15) is 0 Å². The molecule has 0 aliphatic heterocycles. The highest BCUT2D eigenvalue weighted by Gasteiger charge is 2.24. The minimum absolute atomic E-state index is 0.363. The van der Waals surface area contributed by atoms with Crippen LogP contribution in [0.25, 0.3) is 0 Å². The number of hydrogen-bond acceptors (Lipinski definition) is 3. The number of rotatable bonds is 4. The fraction of sp³-hybridized carbons (Fsp3) is 0.364. The molecule has 2 amide bonds. The molecule has 1 aromatic rings. The largest absolute Gasteiger partial charge is 0.394 e. The summed E-state index contributed by atoms with van der Waals surface area (Å²) in [5.41, 5.74) is -0.553. The van der Waals surface area contributed by atoms with Gasteiger partial charge in [0.25, 0.3) is 0 Å². The molecule has 5 nitrogen and oxygen atoms in total. The Morgan fingerprint density at radius 3 is 2.56 bits per heavy atom. The van der Waals surface area contributed by atoms with E-state index in [1.54, 1.807) is 18.2 Å². The summed E-state index contributed by atoms with van der Waals surface area (Å²) in [5, 5.41) is 23.6. The predicted molar refractivity (Wildman–Crippen MR) is 73.9 cm³/mol. The maximum Gasteiger partial charge on any atom is 0.319 e. The first-order valence-corrected chi connectivity index (χ1v) is 6.33. The topological polar surface area (TPSA) is 81.6 Å². The molecule has 0 radical (unpaired) electrons. The lowest BCUT2D eigenvalue weighted by Gasteiger charge is -2.26. The minimum atomic E-state index is -1.07. The van der Waals surface area contributed by atoms with Crippen LogP contribution in [0.3, 0.4) is 0 Å². The van der Waals surface area contributed by atoms with E-state index >= 15 is 0 Å². The monoisotopic (exact) mass is 336 g/mol. The smallest absolute Gasteiger partial charge is 0.319 e. The average molecular weight is 338 g/mol. The summed E-state index contributed by atoms with van der Waals surface area (Å²) in [6, 6.07) is 4.43. The standard InChI is InChI=1S/C11H14BrClN2O3/c1-11(5-16,6-17)15-10(18)14-7-2-3-8(12)9(13)4-7/h2-4,16-17H,5-6H2,1H3,(H2,14,15,18). The number of aliphatic hydroxyl groups excluding tert-OH is 2. The fourth-order valence-corrected chi connectivity index (χ4v) is 1.57. The Labute approximate surface area is 118 Å². The molecule has 1 aromatic carbocycles. The number of carbonyl (C=O) groups excluding carboxylic acids is 1. The lowest BCUT2D eigenvalue weighted by atomic mass is 10.1. The van der Waals surface area contributed by atoms with Gasteiger partial charge in [0.2, 0.25) is 0 Å². The molecule has 0 unspecified atom stereocenters. The van der Waals surface area contributed by atoms with Crippen LogP contribution in [-0.2, 0) is 0 Å². The SMILES string of the molecule is CC(CO)(CO)NC(=O)Nc1ccc(Br)c(Cl)c1. The zero-order valence-electron chi connectivity index (χ0n) is 9.70. The molecule has 0 aliphatic carbocycles.